The Kier molecular flexibility index (Phi) is 2.67. The molecule has 0 radical (unpaired) electrons. The molecule has 2 fully saturated rings. The van der Waals surface area contributed by atoms with E-state index in [1.807, 2.05) is 0 Å². The molecule has 2 bridgehead atoms. The molecule has 0 aliphatic carbocycles. The fraction of sp³-hybridized carbons (Fsp3) is 0.615. The van der Waals surface area contributed by atoms with Gasteiger partial charge in [-0.25, -0.2) is 9.97 Å². The van der Waals surface area contributed by atoms with Crippen LogP contribution in [0.15, 0.2) is 12.4 Å². The molecule has 0 amide bonds. The minimum Gasteiger partial charge on any atom is -0.300 e. The summed E-state index contributed by atoms with van der Waals surface area (Å²) in [6, 6.07) is 1.40. The molecule has 2 aliphatic heterocycles. The highest BCUT2D eigenvalue weighted by Gasteiger charge is 2.39. The second-order valence-corrected chi connectivity index (χ2v) is 5.21. The number of aldehydes is 1. The summed E-state index contributed by atoms with van der Waals surface area (Å²) in [7, 11) is 2.23. The molecule has 0 saturated carbocycles. The molecule has 3 rings (SSSR count). The van der Waals surface area contributed by atoms with Gasteiger partial charge in [0.25, 0.3) is 0 Å². The molecular weight excluding hydrogens is 214 g/mol. The average molecular weight is 231 g/mol. The van der Waals surface area contributed by atoms with E-state index in [4.69, 9.17) is 0 Å². The number of carbonyl (C=O) groups is 1. The van der Waals surface area contributed by atoms with Gasteiger partial charge in [-0.2, -0.15) is 0 Å². The van der Waals surface area contributed by atoms with E-state index in [-0.39, 0.29) is 0 Å². The maximum absolute atomic E-state index is 10.6. The molecular formula is C13H17N3O. The lowest BCUT2D eigenvalue weighted by Crippen LogP contribution is -2.39. The van der Waals surface area contributed by atoms with Crippen LogP contribution in [-0.4, -0.2) is 40.3 Å². The quantitative estimate of drug-likeness (QED) is 0.726. The molecule has 1 aromatic rings. The second kappa shape index (κ2) is 4.18. The van der Waals surface area contributed by atoms with Crippen LogP contribution < -0.4 is 0 Å². The van der Waals surface area contributed by atoms with Gasteiger partial charge in [0.05, 0.1) is 5.56 Å². The van der Waals surface area contributed by atoms with Crippen LogP contribution in [0.25, 0.3) is 0 Å². The lowest BCUT2D eigenvalue weighted by molar-refractivity contribution is 0.112. The van der Waals surface area contributed by atoms with Gasteiger partial charge in [0, 0.05) is 30.4 Å². The van der Waals surface area contributed by atoms with E-state index in [2.05, 4.69) is 21.9 Å². The van der Waals surface area contributed by atoms with E-state index >= 15 is 0 Å². The lowest BCUT2D eigenvalue weighted by atomic mass is 9.90. The van der Waals surface area contributed by atoms with Crippen LogP contribution in [0.3, 0.4) is 0 Å². The Morgan fingerprint density at radius 2 is 1.82 bits per heavy atom. The van der Waals surface area contributed by atoms with Crippen molar-refractivity contribution in [1.82, 2.24) is 14.9 Å². The summed E-state index contributed by atoms with van der Waals surface area (Å²) < 4.78 is 0. The summed E-state index contributed by atoms with van der Waals surface area (Å²) in [4.78, 5) is 21.7. The number of hydrogen-bond donors (Lipinski definition) is 0. The number of carbonyl (C=O) groups excluding carboxylic acids is 1. The maximum Gasteiger partial charge on any atom is 0.153 e. The fourth-order valence-electron chi connectivity index (χ4n) is 3.24. The van der Waals surface area contributed by atoms with E-state index in [1.54, 1.807) is 12.4 Å². The van der Waals surface area contributed by atoms with Crippen molar-refractivity contribution in [3.63, 3.8) is 0 Å². The third-order valence-corrected chi connectivity index (χ3v) is 4.29. The van der Waals surface area contributed by atoms with Gasteiger partial charge in [-0.15, -0.1) is 0 Å². The van der Waals surface area contributed by atoms with Gasteiger partial charge >= 0.3 is 0 Å². The average Bonchev–Trinajstić information content (AvgIpc) is 2.61. The first-order chi connectivity index (χ1) is 8.28. The van der Waals surface area contributed by atoms with Crippen LogP contribution >= 0.6 is 0 Å². The largest absolute Gasteiger partial charge is 0.300 e. The number of rotatable bonds is 2. The summed E-state index contributed by atoms with van der Waals surface area (Å²) in [6.45, 7) is 0. The highest BCUT2D eigenvalue weighted by Crippen LogP contribution is 2.40. The molecule has 2 aliphatic rings. The zero-order valence-corrected chi connectivity index (χ0v) is 10.0. The summed E-state index contributed by atoms with van der Waals surface area (Å²) in [5.41, 5.74) is 0.560. The minimum atomic E-state index is 0.476. The Morgan fingerprint density at radius 3 is 2.35 bits per heavy atom. The van der Waals surface area contributed by atoms with Crippen molar-refractivity contribution < 1.29 is 4.79 Å². The Balaban J connectivity index is 1.79. The van der Waals surface area contributed by atoms with Gasteiger partial charge in [-0.3, -0.25) is 4.79 Å². The summed E-state index contributed by atoms with van der Waals surface area (Å²) in [5, 5.41) is 0. The molecule has 90 valence electrons. The van der Waals surface area contributed by atoms with Crippen molar-refractivity contribution in [3.05, 3.63) is 23.8 Å². The first-order valence-electron chi connectivity index (χ1n) is 6.27. The van der Waals surface area contributed by atoms with E-state index in [1.165, 1.54) is 12.8 Å². The topological polar surface area (TPSA) is 46.1 Å². The molecule has 2 atom stereocenters. The van der Waals surface area contributed by atoms with E-state index < -0.39 is 0 Å². The van der Waals surface area contributed by atoms with Crippen LogP contribution in [0.5, 0.6) is 0 Å². The van der Waals surface area contributed by atoms with Gasteiger partial charge in [0.1, 0.15) is 5.82 Å². The molecule has 2 saturated heterocycles. The Bertz CT molecular complexity index is 403. The van der Waals surface area contributed by atoms with Crippen molar-refractivity contribution >= 4 is 6.29 Å². The standard InChI is InChI=1S/C13H17N3O/c1-16-11-2-3-12(16)5-10(4-11)13-14-6-9(8-17)7-15-13/h6-8,10-12H,2-5H2,1H3. The van der Waals surface area contributed by atoms with Crippen LogP contribution in [0.2, 0.25) is 0 Å². The first kappa shape index (κ1) is 10.8. The van der Waals surface area contributed by atoms with Crippen molar-refractivity contribution in [2.45, 2.75) is 43.7 Å². The summed E-state index contributed by atoms with van der Waals surface area (Å²) in [6.07, 6.45) is 9.00. The zero-order valence-electron chi connectivity index (χ0n) is 10.0. The molecule has 1 aromatic heterocycles. The number of fused-ring (bicyclic) bond motifs is 2. The van der Waals surface area contributed by atoms with E-state index in [9.17, 15) is 4.79 Å². The Hall–Kier alpha value is -1.29. The predicted molar refractivity (Wildman–Crippen MR) is 64.0 cm³/mol. The van der Waals surface area contributed by atoms with Crippen molar-refractivity contribution in [2.75, 3.05) is 7.05 Å². The van der Waals surface area contributed by atoms with Crippen LogP contribution in [0, 0.1) is 0 Å². The SMILES string of the molecule is CN1C2CCC1CC(c1ncc(C=O)cn1)C2. The molecule has 3 heterocycles. The zero-order chi connectivity index (χ0) is 11.8. The van der Waals surface area contributed by atoms with Crippen molar-refractivity contribution in [2.24, 2.45) is 0 Å². The van der Waals surface area contributed by atoms with Crippen LogP contribution in [-0.2, 0) is 0 Å². The van der Waals surface area contributed by atoms with Crippen LogP contribution in [0.4, 0.5) is 0 Å². The van der Waals surface area contributed by atoms with Crippen molar-refractivity contribution in [1.29, 1.82) is 0 Å². The smallest absolute Gasteiger partial charge is 0.153 e. The number of nitrogens with zero attached hydrogens (tertiary/aromatic N) is 3. The molecule has 0 aromatic carbocycles. The van der Waals surface area contributed by atoms with E-state index in [0.717, 1.165) is 25.0 Å². The van der Waals surface area contributed by atoms with Gasteiger partial charge in [0.2, 0.25) is 0 Å². The van der Waals surface area contributed by atoms with Gasteiger partial charge < -0.3 is 4.90 Å². The summed E-state index contributed by atoms with van der Waals surface area (Å²) in [5.74, 6) is 1.39. The second-order valence-electron chi connectivity index (χ2n) is 5.21. The molecule has 4 nitrogen and oxygen atoms in total. The van der Waals surface area contributed by atoms with Gasteiger partial charge in [-0.1, -0.05) is 0 Å². The molecule has 0 spiro atoms. The first-order valence-corrected chi connectivity index (χ1v) is 6.27. The fourth-order valence-corrected chi connectivity index (χ4v) is 3.24. The normalized spacial score (nSPS) is 32.6. The van der Waals surface area contributed by atoms with Gasteiger partial charge in [0.15, 0.2) is 6.29 Å². The number of piperidine rings is 1. The molecule has 2 unspecified atom stereocenters. The third kappa shape index (κ3) is 1.86. The highest BCUT2D eigenvalue weighted by atomic mass is 16.1. The lowest BCUT2D eigenvalue weighted by Gasteiger charge is -2.35. The Labute approximate surface area is 101 Å². The maximum atomic E-state index is 10.6. The molecule has 4 heteroatoms. The minimum absolute atomic E-state index is 0.476. The third-order valence-electron chi connectivity index (χ3n) is 4.29. The van der Waals surface area contributed by atoms with Gasteiger partial charge in [-0.05, 0) is 32.7 Å². The predicted octanol–water partition coefficient (Wildman–Crippen LogP) is 1.63. The number of aromatic nitrogens is 2. The van der Waals surface area contributed by atoms with Crippen molar-refractivity contribution in [3.8, 4) is 0 Å². The molecule has 0 N–H and O–H groups in total. The van der Waals surface area contributed by atoms with Crippen LogP contribution in [0.1, 0.15) is 47.8 Å². The molecule has 17 heavy (non-hydrogen) atoms. The number of hydrogen-bond acceptors (Lipinski definition) is 4. The van der Waals surface area contributed by atoms with E-state index in [0.29, 0.717) is 23.6 Å². The monoisotopic (exact) mass is 231 g/mol. The Morgan fingerprint density at radius 1 is 1.24 bits per heavy atom. The summed E-state index contributed by atoms with van der Waals surface area (Å²) >= 11 is 0. The highest BCUT2D eigenvalue weighted by molar-refractivity contribution is 5.73.